The molecule has 2 aromatic rings. The number of amides is 1. The standard InChI is InChI=1S/C23H24Cl2N2O4/c1-4-31-16-7-5-6-14(12-16)20-19(21(28)15-8-9-17(24)18(25)13-15)22(29)23(30)27(20)11-10-26(2)3/h5-9,12-13,20,28H,4,10-11H2,1-3H3/b21-19-. The molecule has 0 aromatic heterocycles. The van der Waals surface area contributed by atoms with Crippen molar-refractivity contribution in [2.75, 3.05) is 33.8 Å². The molecule has 8 heteroatoms. The van der Waals surface area contributed by atoms with Gasteiger partial charge in [0.25, 0.3) is 11.7 Å². The first kappa shape index (κ1) is 23.1. The zero-order valence-corrected chi connectivity index (χ0v) is 19.1. The third-order valence-corrected chi connectivity index (χ3v) is 5.74. The van der Waals surface area contributed by atoms with Crippen LogP contribution >= 0.6 is 23.2 Å². The normalized spacial score (nSPS) is 18.1. The molecule has 164 valence electrons. The average molecular weight is 463 g/mol. The molecule has 0 spiro atoms. The zero-order chi connectivity index (χ0) is 22.7. The van der Waals surface area contributed by atoms with Gasteiger partial charge in [-0.3, -0.25) is 9.59 Å². The summed E-state index contributed by atoms with van der Waals surface area (Å²) in [6.07, 6.45) is 0. The number of aliphatic hydroxyl groups is 1. The van der Waals surface area contributed by atoms with Crippen LogP contribution in [0.15, 0.2) is 48.0 Å². The van der Waals surface area contributed by atoms with Crippen molar-refractivity contribution in [1.82, 2.24) is 9.80 Å². The van der Waals surface area contributed by atoms with E-state index in [0.29, 0.717) is 41.6 Å². The first-order valence-corrected chi connectivity index (χ1v) is 10.6. The molecule has 3 rings (SSSR count). The highest BCUT2D eigenvalue weighted by molar-refractivity contribution is 6.46. The number of carbonyl (C=O) groups excluding carboxylic acids is 2. The fourth-order valence-electron chi connectivity index (χ4n) is 3.50. The number of benzene rings is 2. The first-order valence-electron chi connectivity index (χ1n) is 9.86. The Bertz CT molecular complexity index is 1040. The summed E-state index contributed by atoms with van der Waals surface area (Å²) in [7, 11) is 3.77. The number of hydrogen-bond acceptors (Lipinski definition) is 5. The Balaban J connectivity index is 2.16. The van der Waals surface area contributed by atoms with Crippen LogP contribution in [0, 0.1) is 0 Å². The molecule has 31 heavy (non-hydrogen) atoms. The number of ketones is 1. The minimum absolute atomic E-state index is 0.00999. The second-order valence-corrected chi connectivity index (χ2v) is 8.24. The van der Waals surface area contributed by atoms with Crippen LogP contribution in [0.1, 0.15) is 24.1 Å². The van der Waals surface area contributed by atoms with Gasteiger partial charge in [0.15, 0.2) is 0 Å². The molecular weight excluding hydrogens is 439 g/mol. The van der Waals surface area contributed by atoms with Gasteiger partial charge < -0.3 is 19.6 Å². The van der Waals surface area contributed by atoms with Crippen molar-refractivity contribution >= 4 is 40.7 Å². The molecule has 6 nitrogen and oxygen atoms in total. The number of rotatable bonds is 7. The molecule has 0 bridgehead atoms. The van der Waals surface area contributed by atoms with Gasteiger partial charge >= 0.3 is 0 Å². The molecule has 1 N–H and O–H groups in total. The lowest BCUT2D eigenvalue weighted by atomic mass is 9.95. The van der Waals surface area contributed by atoms with E-state index in [1.54, 1.807) is 24.3 Å². The Hall–Kier alpha value is -2.54. The van der Waals surface area contributed by atoms with Crippen LogP contribution in [-0.4, -0.2) is 60.4 Å². The summed E-state index contributed by atoms with van der Waals surface area (Å²) in [5.41, 5.74) is 0.993. The smallest absolute Gasteiger partial charge is 0.295 e. The molecule has 0 radical (unpaired) electrons. The highest BCUT2D eigenvalue weighted by Crippen LogP contribution is 2.40. The third-order valence-electron chi connectivity index (χ3n) is 5.01. The van der Waals surface area contributed by atoms with Gasteiger partial charge in [0.1, 0.15) is 11.5 Å². The van der Waals surface area contributed by atoms with E-state index in [4.69, 9.17) is 27.9 Å². The van der Waals surface area contributed by atoms with Crippen molar-refractivity contribution in [2.24, 2.45) is 0 Å². The maximum absolute atomic E-state index is 13.0. The minimum atomic E-state index is -0.755. The van der Waals surface area contributed by atoms with Crippen molar-refractivity contribution in [3.8, 4) is 5.75 Å². The van der Waals surface area contributed by atoms with Gasteiger partial charge in [-0.15, -0.1) is 0 Å². The van der Waals surface area contributed by atoms with Crippen LogP contribution in [0.5, 0.6) is 5.75 Å². The second-order valence-electron chi connectivity index (χ2n) is 7.43. The maximum atomic E-state index is 13.0. The lowest BCUT2D eigenvalue weighted by Gasteiger charge is -2.27. The second kappa shape index (κ2) is 9.73. The van der Waals surface area contributed by atoms with Crippen LogP contribution in [0.4, 0.5) is 0 Å². The highest BCUT2D eigenvalue weighted by Gasteiger charge is 2.46. The van der Waals surface area contributed by atoms with E-state index in [-0.39, 0.29) is 16.4 Å². The van der Waals surface area contributed by atoms with Gasteiger partial charge in [-0.2, -0.15) is 0 Å². The molecule has 2 aromatic carbocycles. The van der Waals surface area contributed by atoms with Crippen LogP contribution in [0.25, 0.3) is 5.76 Å². The number of likely N-dealkylation sites (tertiary alicyclic amines) is 1. The molecule has 1 aliphatic heterocycles. The number of Topliss-reactive ketones (excluding diaryl/α,β-unsaturated/α-hetero) is 1. The largest absolute Gasteiger partial charge is 0.507 e. The summed E-state index contributed by atoms with van der Waals surface area (Å²) >= 11 is 12.1. The number of halogens is 2. The molecular formula is C23H24Cl2N2O4. The summed E-state index contributed by atoms with van der Waals surface area (Å²) in [4.78, 5) is 29.3. The summed E-state index contributed by atoms with van der Waals surface area (Å²) in [6.45, 7) is 3.23. The van der Waals surface area contributed by atoms with E-state index < -0.39 is 17.7 Å². The number of hydrogen-bond donors (Lipinski definition) is 1. The number of carbonyl (C=O) groups is 2. The molecule has 1 heterocycles. The van der Waals surface area contributed by atoms with Gasteiger partial charge in [0.2, 0.25) is 0 Å². The van der Waals surface area contributed by atoms with Crippen molar-refractivity contribution < 1.29 is 19.4 Å². The summed E-state index contributed by atoms with van der Waals surface area (Å²) in [5.74, 6) is -1.08. The van der Waals surface area contributed by atoms with Gasteiger partial charge in [0, 0.05) is 18.7 Å². The lowest BCUT2D eigenvalue weighted by Crippen LogP contribution is -2.35. The summed E-state index contributed by atoms with van der Waals surface area (Å²) in [6, 6.07) is 11.0. The van der Waals surface area contributed by atoms with Crippen LogP contribution in [0.3, 0.4) is 0 Å². The first-order chi connectivity index (χ1) is 14.7. The van der Waals surface area contributed by atoms with Crippen LogP contribution in [-0.2, 0) is 9.59 Å². The molecule has 1 amide bonds. The number of aliphatic hydroxyl groups excluding tert-OH is 1. The molecule has 1 fully saturated rings. The SMILES string of the molecule is CCOc1cccc(C2/C(=C(/O)c3ccc(Cl)c(Cl)c3)C(=O)C(=O)N2CCN(C)C)c1. The molecule has 0 aliphatic carbocycles. The molecule has 1 saturated heterocycles. The Kier molecular flexibility index (Phi) is 7.26. The Morgan fingerprint density at radius 1 is 1.13 bits per heavy atom. The molecule has 1 unspecified atom stereocenters. The number of nitrogens with zero attached hydrogens (tertiary/aromatic N) is 2. The van der Waals surface area contributed by atoms with E-state index in [1.165, 1.54) is 17.0 Å². The van der Waals surface area contributed by atoms with E-state index in [0.717, 1.165) is 0 Å². The topological polar surface area (TPSA) is 70.1 Å². The fourth-order valence-corrected chi connectivity index (χ4v) is 3.80. The van der Waals surface area contributed by atoms with Gasteiger partial charge in [-0.25, -0.2) is 0 Å². The van der Waals surface area contributed by atoms with Crippen molar-refractivity contribution in [3.63, 3.8) is 0 Å². The fraction of sp³-hybridized carbons (Fsp3) is 0.304. The number of likely N-dealkylation sites (N-methyl/N-ethyl adjacent to an activating group) is 1. The summed E-state index contributed by atoms with van der Waals surface area (Å²) < 4.78 is 5.60. The van der Waals surface area contributed by atoms with Crippen LogP contribution in [0.2, 0.25) is 10.0 Å². The quantitative estimate of drug-likeness (QED) is 0.375. The number of ether oxygens (including phenoxy) is 1. The highest BCUT2D eigenvalue weighted by atomic mass is 35.5. The Morgan fingerprint density at radius 2 is 1.87 bits per heavy atom. The van der Waals surface area contributed by atoms with E-state index >= 15 is 0 Å². The summed E-state index contributed by atoms with van der Waals surface area (Å²) in [5, 5.41) is 11.6. The monoisotopic (exact) mass is 462 g/mol. The minimum Gasteiger partial charge on any atom is -0.507 e. The van der Waals surface area contributed by atoms with E-state index in [2.05, 4.69) is 0 Å². The van der Waals surface area contributed by atoms with E-state index in [9.17, 15) is 14.7 Å². The molecule has 1 atom stereocenters. The zero-order valence-electron chi connectivity index (χ0n) is 17.6. The molecule has 0 saturated carbocycles. The Morgan fingerprint density at radius 3 is 2.52 bits per heavy atom. The molecule has 1 aliphatic rings. The van der Waals surface area contributed by atoms with Crippen molar-refractivity contribution in [2.45, 2.75) is 13.0 Å². The van der Waals surface area contributed by atoms with Crippen LogP contribution < -0.4 is 4.74 Å². The predicted molar refractivity (Wildman–Crippen MR) is 122 cm³/mol. The average Bonchev–Trinajstić information content (AvgIpc) is 2.99. The maximum Gasteiger partial charge on any atom is 0.295 e. The third kappa shape index (κ3) is 4.87. The van der Waals surface area contributed by atoms with E-state index in [1.807, 2.05) is 32.0 Å². The van der Waals surface area contributed by atoms with Gasteiger partial charge in [-0.05, 0) is 56.9 Å². The van der Waals surface area contributed by atoms with Crippen molar-refractivity contribution in [3.05, 3.63) is 69.2 Å². The predicted octanol–water partition coefficient (Wildman–Crippen LogP) is 4.38. The van der Waals surface area contributed by atoms with Crippen molar-refractivity contribution in [1.29, 1.82) is 0 Å². The van der Waals surface area contributed by atoms with Gasteiger partial charge in [-0.1, -0.05) is 35.3 Å². The van der Waals surface area contributed by atoms with Gasteiger partial charge in [0.05, 0.1) is 28.3 Å². The Labute approximate surface area is 191 Å². The lowest BCUT2D eigenvalue weighted by molar-refractivity contribution is -0.140.